The molecule has 0 radical (unpaired) electrons. The maximum atomic E-state index is 12.8. The molecule has 0 bridgehead atoms. The molecule has 0 aliphatic carbocycles. The highest BCUT2D eigenvalue weighted by atomic mass is 19.4. The van der Waals surface area contributed by atoms with Crippen LogP contribution in [-0.2, 0) is 4.79 Å². The molecule has 102 valence electrons. The van der Waals surface area contributed by atoms with Gasteiger partial charge in [0, 0.05) is 6.54 Å². The Labute approximate surface area is 99.1 Å². The van der Waals surface area contributed by atoms with Gasteiger partial charge >= 0.3 is 6.18 Å². The van der Waals surface area contributed by atoms with Crippen molar-refractivity contribution < 1.29 is 18.0 Å². The van der Waals surface area contributed by atoms with Crippen molar-refractivity contribution in [1.29, 1.82) is 0 Å². The number of nitrogens with two attached hydrogens (primary N) is 2. The summed E-state index contributed by atoms with van der Waals surface area (Å²) in [6, 6.07) is -1.71. The van der Waals surface area contributed by atoms with Crippen LogP contribution in [0.1, 0.15) is 20.3 Å². The average Bonchev–Trinajstić information content (AvgIpc) is 2.09. The Hall–Kier alpha value is -0.820. The number of hydrogen-bond acceptors (Lipinski definition) is 3. The van der Waals surface area contributed by atoms with Crippen molar-refractivity contribution in [2.45, 2.75) is 32.5 Å². The Kier molecular flexibility index (Phi) is 6.48. The molecule has 0 rings (SSSR count). The molecule has 0 aromatic carbocycles. The van der Waals surface area contributed by atoms with Gasteiger partial charge in [-0.1, -0.05) is 13.8 Å². The summed E-state index contributed by atoms with van der Waals surface area (Å²) in [6.45, 7) is 3.24. The fraction of sp³-hybridized carbons (Fsp3) is 0.900. The minimum Gasteiger partial charge on any atom is -0.369 e. The van der Waals surface area contributed by atoms with E-state index in [2.05, 4.69) is 0 Å². The molecule has 4 N–H and O–H groups in total. The molecule has 17 heavy (non-hydrogen) atoms. The van der Waals surface area contributed by atoms with E-state index < -0.39 is 24.7 Å². The molecule has 0 saturated carbocycles. The molecule has 0 spiro atoms. The molecule has 0 aliphatic heterocycles. The van der Waals surface area contributed by atoms with Gasteiger partial charge in [-0.25, -0.2) is 0 Å². The summed E-state index contributed by atoms with van der Waals surface area (Å²) in [7, 11) is 0. The van der Waals surface area contributed by atoms with Crippen molar-refractivity contribution in [2.24, 2.45) is 17.4 Å². The van der Waals surface area contributed by atoms with E-state index in [0.717, 1.165) is 4.90 Å². The molecule has 0 heterocycles. The third-order valence-corrected chi connectivity index (χ3v) is 2.22. The summed E-state index contributed by atoms with van der Waals surface area (Å²) in [5.74, 6) is -0.756. The second-order valence-corrected chi connectivity index (χ2v) is 4.42. The highest BCUT2D eigenvalue weighted by Gasteiger charge is 2.43. The van der Waals surface area contributed by atoms with Crippen molar-refractivity contribution in [3.05, 3.63) is 0 Å². The van der Waals surface area contributed by atoms with E-state index in [4.69, 9.17) is 11.5 Å². The summed E-state index contributed by atoms with van der Waals surface area (Å²) in [6.07, 6.45) is -4.63. The van der Waals surface area contributed by atoms with E-state index in [9.17, 15) is 18.0 Å². The van der Waals surface area contributed by atoms with Gasteiger partial charge in [0.2, 0.25) is 5.91 Å². The third kappa shape index (κ3) is 6.48. The fourth-order valence-electron chi connectivity index (χ4n) is 1.68. The third-order valence-electron chi connectivity index (χ3n) is 2.22. The first-order valence-electron chi connectivity index (χ1n) is 5.47. The van der Waals surface area contributed by atoms with Gasteiger partial charge in [-0.15, -0.1) is 0 Å². The van der Waals surface area contributed by atoms with Gasteiger partial charge < -0.3 is 11.5 Å². The predicted octanol–water partition coefficient (Wildman–Crippen LogP) is 0.709. The maximum absolute atomic E-state index is 12.8. The number of nitrogens with zero attached hydrogens (tertiary/aromatic N) is 1. The van der Waals surface area contributed by atoms with Crippen molar-refractivity contribution in [3.8, 4) is 0 Å². The predicted molar refractivity (Wildman–Crippen MR) is 59.1 cm³/mol. The number of halogens is 3. The number of alkyl halides is 3. The lowest BCUT2D eigenvalue weighted by Gasteiger charge is -2.33. The smallest absolute Gasteiger partial charge is 0.369 e. The molecule has 0 fully saturated rings. The number of amides is 1. The minimum absolute atomic E-state index is 0.0111. The molecular weight excluding hydrogens is 235 g/mol. The van der Waals surface area contributed by atoms with Gasteiger partial charge in [0.05, 0.1) is 6.54 Å². The van der Waals surface area contributed by atoms with Gasteiger partial charge in [0.25, 0.3) is 0 Å². The van der Waals surface area contributed by atoms with Gasteiger partial charge in [-0.3, -0.25) is 9.69 Å². The van der Waals surface area contributed by atoms with Crippen molar-refractivity contribution in [2.75, 3.05) is 19.6 Å². The molecular formula is C10H20F3N3O. The van der Waals surface area contributed by atoms with Crippen LogP contribution in [0.5, 0.6) is 0 Å². The first-order valence-corrected chi connectivity index (χ1v) is 5.47. The summed E-state index contributed by atoms with van der Waals surface area (Å²) in [5, 5.41) is 0. The van der Waals surface area contributed by atoms with E-state index in [1.54, 1.807) is 13.8 Å². The summed E-state index contributed by atoms with van der Waals surface area (Å²) in [5.41, 5.74) is 10.1. The lowest BCUT2D eigenvalue weighted by Crippen LogP contribution is -2.51. The Morgan fingerprint density at radius 2 is 1.88 bits per heavy atom. The molecule has 0 aliphatic rings. The SMILES string of the molecule is CC(C)CN(CC(N)=O)C(CCN)C(F)(F)F. The van der Waals surface area contributed by atoms with E-state index >= 15 is 0 Å². The van der Waals surface area contributed by atoms with Gasteiger partial charge in [0.15, 0.2) is 0 Å². The van der Waals surface area contributed by atoms with Crippen LogP contribution in [0, 0.1) is 5.92 Å². The zero-order chi connectivity index (χ0) is 13.6. The average molecular weight is 255 g/mol. The van der Waals surface area contributed by atoms with Gasteiger partial charge in [-0.05, 0) is 18.9 Å². The van der Waals surface area contributed by atoms with E-state index in [1.807, 2.05) is 0 Å². The zero-order valence-electron chi connectivity index (χ0n) is 10.1. The number of carbonyl (C=O) groups is 1. The lowest BCUT2D eigenvalue weighted by atomic mass is 10.1. The van der Waals surface area contributed by atoms with E-state index in [0.29, 0.717) is 0 Å². The Balaban J connectivity index is 4.85. The molecule has 0 aromatic heterocycles. The maximum Gasteiger partial charge on any atom is 0.404 e. The summed E-state index contributed by atoms with van der Waals surface area (Å²) >= 11 is 0. The van der Waals surface area contributed by atoms with Crippen LogP contribution in [0.4, 0.5) is 13.2 Å². The molecule has 0 aromatic rings. The van der Waals surface area contributed by atoms with Gasteiger partial charge in [-0.2, -0.15) is 13.2 Å². The molecule has 4 nitrogen and oxygen atoms in total. The Bertz CT molecular complexity index is 243. The first-order chi connectivity index (χ1) is 7.68. The van der Waals surface area contributed by atoms with Crippen LogP contribution in [0.25, 0.3) is 0 Å². The highest BCUT2D eigenvalue weighted by Crippen LogP contribution is 2.27. The number of primary amides is 1. The van der Waals surface area contributed by atoms with Crippen LogP contribution < -0.4 is 11.5 Å². The van der Waals surface area contributed by atoms with Crippen LogP contribution in [0.3, 0.4) is 0 Å². The topological polar surface area (TPSA) is 72.3 Å². The van der Waals surface area contributed by atoms with Crippen molar-refractivity contribution in [1.82, 2.24) is 4.90 Å². The summed E-state index contributed by atoms with van der Waals surface area (Å²) < 4.78 is 38.4. The zero-order valence-corrected chi connectivity index (χ0v) is 10.1. The number of carbonyl (C=O) groups excluding carboxylic acids is 1. The first kappa shape index (κ1) is 16.2. The number of hydrogen-bond donors (Lipinski definition) is 2. The molecule has 1 unspecified atom stereocenters. The summed E-state index contributed by atoms with van der Waals surface area (Å²) in [4.78, 5) is 11.9. The quantitative estimate of drug-likeness (QED) is 0.703. The fourth-order valence-corrected chi connectivity index (χ4v) is 1.68. The second kappa shape index (κ2) is 6.80. The Morgan fingerprint density at radius 1 is 1.35 bits per heavy atom. The molecule has 1 amide bonds. The highest BCUT2D eigenvalue weighted by molar-refractivity contribution is 5.75. The minimum atomic E-state index is -4.40. The normalized spacial score (nSPS) is 14.4. The monoisotopic (exact) mass is 255 g/mol. The lowest BCUT2D eigenvalue weighted by molar-refractivity contribution is -0.186. The van der Waals surface area contributed by atoms with Crippen LogP contribution in [-0.4, -0.2) is 42.7 Å². The van der Waals surface area contributed by atoms with Crippen molar-refractivity contribution in [3.63, 3.8) is 0 Å². The molecule has 7 heteroatoms. The van der Waals surface area contributed by atoms with Gasteiger partial charge in [0.1, 0.15) is 6.04 Å². The molecule has 1 atom stereocenters. The van der Waals surface area contributed by atoms with Crippen LogP contribution in [0.15, 0.2) is 0 Å². The van der Waals surface area contributed by atoms with E-state index in [-0.39, 0.29) is 25.4 Å². The molecule has 0 saturated heterocycles. The number of rotatable bonds is 7. The van der Waals surface area contributed by atoms with Crippen molar-refractivity contribution >= 4 is 5.91 Å². The van der Waals surface area contributed by atoms with E-state index in [1.165, 1.54) is 0 Å². The largest absolute Gasteiger partial charge is 0.404 e. The second-order valence-electron chi connectivity index (χ2n) is 4.42. The van der Waals surface area contributed by atoms with Crippen LogP contribution >= 0.6 is 0 Å². The standard InChI is InChI=1S/C10H20F3N3O/c1-7(2)5-16(6-9(15)17)8(3-4-14)10(11,12)13/h7-8H,3-6,14H2,1-2H3,(H2,15,17). The Morgan fingerprint density at radius 3 is 2.18 bits per heavy atom. The van der Waals surface area contributed by atoms with Crippen LogP contribution in [0.2, 0.25) is 0 Å².